The minimum Gasteiger partial charge on any atom is -0.320 e. The Labute approximate surface area is 179 Å². The molecule has 8 nitrogen and oxygen atoms in total. The largest absolute Gasteiger partial charge is 0.320 e. The molecule has 1 amide bonds. The minimum atomic E-state index is -0.612. The van der Waals surface area contributed by atoms with Crippen molar-refractivity contribution in [2.75, 3.05) is 11.1 Å². The molecule has 11 heteroatoms. The molecule has 0 atom stereocenters. The third-order valence-electron chi connectivity index (χ3n) is 4.45. The third-order valence-corrected chi connectivity index (χ3v) is 5.63. The van der Waals surface area contributed by atoms with Gasteiger partial charge in [-0.05, 0) is 37.1 Å². The number of nitrogens with one attached hydrogen (secondary N) is 1. The fraction of sp³-hybridized carbons (Fsp3) is 0.211. The number of nitro benzene ring substituents is 1. The van der Waals surface area contributed by atoms with Gasteiger partial charge in [0.2, 0.25) is 5.91 Å². The van der Waals surface area contributed by atoms with Crippen molar-refractivity contribution in [3.63, 3.8) is 0 Å². The van der Waals surface area contributed by atoms with E-state index in [9.17, 15) is 19.3 Å². The van der Waals surface area contributed by atoms with Gasteiger partial charge in [-0.25, -0.2) is 4.39 Å². The zero-order valence-corrected chi connectivity index (χ0v) is 17.0. The van der Waals surface area contributed by atoms with Crippen molar-refractivity contribution in [2.24, 2.45) is 0 Å². The molecule has 0 aliphatic heterocycles. The molecular formula is C19H15ClFN5O3S. The van der Waals surface area contributed by atoms with Crippen LogP contribution in [0.25, 0.3) is 11.4 Å². The lowest BCUT2D eigenvalue weighted by Crippen LogP contribution is -2.15. The van der Waals surface area contributed by atoms with Crippen molar-refractivity contribution < 1.29 is 14.1 Å². The van der Waals surface area contributed by atoms with Gasteiger partial charge in [-0.2, -0.15) is 0 Å². The number of rotatable bonds is 7. The van der Waals surface area contributed by atoms with E-state index in [0.717, 1.165) is 24.6 Å². The van der Waals surface area contributed by atoms with Crippen LogP contribution in [0.2, 0.25) is 5.02 Å². The second-order valence-electron chi connectivity index (χ2n) is 6.64. The average Bonchev–Trinajstić information content (AvgIpc) is 3.47. The first-order valence-corrected chi connectivity index (χ1v) is 10.4. The van der Waals surface area contributed by atoms with E-state index in [1.54, 1.807) is 18.2 Å². The number of amides is 1. The van der Waals surface area contributed by atoms with Gasteiger partial charge in [-0.15, -0.1) is 10.2 Å². The first-order valence-electron chi connectivity index (χ1n) is 9.00. The maximum atomic E-state index is 14.2. The van der Waals surface area contributed by atoms with E-state index >= 15 is 0 Å². The summed E-state index contributed by atoms with van der Waals surface area (Å²) in [6, 6.07) is 10.5. The Kier molecular flexibility index (Phi) is 5.69. The van der Waals surface area contributed by atoms with Crippen LogP contribution in [0.15, 0.2) is 47.6 Å². The lowest BCUT2D eigenvalue weighted by molar-refractivity contribution is -0.383. The van der Waals surface area contributed by atoms with E-state index in [1.165, 1.54) is 24.3 Å². The smallest absolute Gasteiger partial charge is 0.294 e. The summed E-state index contributed by atoms with van der Waals surface area (Å²) in [5.41, 5.74) is 0.125. The standard InChI is InChI=1S/C19H15ClFN5O3S/c20-11-5-8-15(16(9-11)26(28)29)22-17(27)10-30-19-24-23-18(25(19)12-6-7-12)13-3-1-2-4-14(13)21/h1-5,8-9,12H,6-7,10H2,(H,22,27). The molecule has 0 radical (unpaired) electrons. The number of nitro groups is 1. The van der Waals surface area contributed by atoms with Crippen LogP contribution in [0.5, 0.6) is 0 Å². The van der Waals surface area contributed by atoms with Gasteiger partial charge in [0.05, 0.1) is 16.2 Å². The molecule has 154 valence electrons. The second kappa shape index (κ2) is 8.41. The van der Waals surface area contributed by atoms with Gasteiger partial charge in [0.15, 0.2) is 11.0 Å². The van der Waals surface area contributed by atoms with Gasteiger partial charge >= 0.3 is 0 Å². The van der Waals surface area contributed by atoms with Crippen molar-refractivity contribution in [3.8, 4) is 11.4 Å². The Bertz CT molecular complexity index is 1140. The number of hydrogen-bond donors (Lipinski definition) is 1. The summed E-state index contributed by atoms with van der Waals surface area (Å²) in [6.07, 6.45) is 1.85. The van der Waals surface area contributed by atoms with Crippen molar-refractivity contribution in [1.29, 1.82) is 0 Å². The van der Waals surface area contributed by atoms with Crippen LogP contribution in [0.1, 0.15) is 18.9 Å². The first kappa shape index (κ1) is 20.3. The Hall–Kier alpha value is -2.98. The van der Waals surface area contributed by atoms with Gasteiger partial charge in [-0.3, -0.25) is 19.5 Å². The van der Waals surface area contributed by atoms with E-state index in [0.29, 0.717) is 16.5 Å². The van der Waals surface area contributed by atoms with E-state index in [-0.39, 0.29) is 28.2 Å². The SMILES string of the molecule is O=C(CSc1nnc(-c2ccccc2F)n1C1CC1)Nc1ccc(Cl)cc1[N+](=O)[O-]. The van der Waals surface area contributed by atoms with Gasteiger partial charge in [0, 0.05) is 17.1 Å². The van der Waals surface area contributed by atoms with E-state index < -0.39 is 16.6 Å². The van der Waals surface area contributed by atoms with Crippen LogP contribution in [0, 0.1) is 15.9 Å². The van der Waals surface area contributed by atoms with Crippen LogP contribution in [0.4, 0.5) is 15.8 Å². The Balaban J connectivity index is 1.50. The molecule has 1 heterocycles. The molecule has 1 fully saturated rings. The van der Waals surface area contributed by atoms with Crippen molar-refractivity contribution in [3.05, 3.63) is 63.4 Å². The van der Waals surface area contributed by atoms with Crippen LogP contribution in [-0.4, -0.2) is 31.3 Å². The molecule has 3 aromatic rings. The van der Waals surface area contributed by atoms with E-state index in [1.807, 2.05) is 4.57 Å². The fourth-order valence-electron chi connectivity index (χ4n) is 2.94. The van der Waals surface area contributed by atoms with E-state index in [2.05, 4.69) is 15.5 Å². The van der Waals surface area contributed by atoms with Gasteiger partial charge in [-0.1, -0.05) is 35.5 Å². The summed E-state index contributed by atoms with van der Waals surface area (Å²) in [7, 11) is 0. The summed E-state index contributed by atoms with van der Waals surface area (Å²) in [5.74, 6) is -0.451. The van der Waals surface area contributed by atoms with Gasteiger partial charge in [0.25, 0.3) is 5.69 Å². The second-order valence-corrected chi connectivity index (χ2v) is 8.02. The highest BCUT2D eigenvalue weighted by Crippen LogP contribution is 2.41. The predicted molar refractivity (Wildman–Crippen MR) is 111 cm³/mol. The molecule has 1 aliphatic carbocycles. The number of thioether (sulfide) groups is 1. The third kappa shape index (κ3) is 4.29. The highest BCUT2D eigenvalue weighted by molar-refractivity contribution is 7.99. The molecule has 1 N–H and O–H groups in total. The fourth-order valence-corrected chi connectivity index (χ4v) is 3.91. The first-order chi connectivity index (χ1) is 14.4. The Morgan fingerprint density at radius 2 is 2.07 bits per heavy atom. The summed E-state index contributed by atoms with van der Waals surface area (Å²) in [5, 5.41) is 22.7. The van der Waals surface area contributed by atoms with Crippen molar-refractivity contribution >= 4 is 40.6 Å². The number of halogens is 2. The predicted octanol–water partition coefficient (Wildman–Crippen LogP) is 4.71. The van der Waals surface area contributed by atoms with Crippen molar-refractivity contribution in [1.82, 2.24) is 14.8 Å². The Morgan fingerprint density at radius 1 is 1.30 bits per heavy atom. The molecule has 2 aromatic carbocycles. The molecule has 1 saturated carbocycles. The highest BCUT2D eigenvalue weighted by Gasteiger charge is 2.31. The molecule has 1 aromatic heterocycles. The number of aromatic nitrogens is 3. The molecule has 30 heavy (non-hydrogen) atoms. The molecule has 0 spiro atoms. The molecule has 4 rings (SSSR count). The zero-order valence-electron chi connectivity index (χ0n) is 15.4. The topological polar surface area (TPSA) is 103 Å². The quantitative estimate of drug-likeness (QED) is 0.319. The molecule has 0 unspecified atom stereocenters. The highest BCUT2D eigenvalue weighted by atomic mass is 35.5. The molecule has 0 saturated heterocycles. The lowest BCUT2D eigenvalue weighted by Gasteiger charge is -2.10. The summed E-state index contributed by atoms with van der Waals surface area (Å²) in [4.78, 5) is 22.9. The zero-order chi connectivity index (χ0) is 21.3. The van der Waals surface area contributed by atoms with Gasteiger partial charge < -0.3 is 5.32 Å². The monoisotopic (exact) mass is 447 g/mol. The van der Waals surface area contributed by atoms with Crippen LogP contribution in [-0.2, 0) is 4.79 Å². The van der Waals surface area contributed by atoms with E-state index in [4.69, 9.17) is 11.6 Å². The molecular weight excluding hydrogens is 433 g/mol. The number of anilines is 1. The maximum Gasteiger partial charge on any atom is 0.294 e. The lowest BCUT2D eigenvalue weighted by atomic mass is 10.2. The van der Waals surface area contributed by atoms with Crippen molar-refractivity contribution in [2.45, 2.75) is 24.0 Å². The number of hydrogen-bond acceptors (Lipinski definition) is 6. The maximum absolute atomic E-state index is 14.2. The van der Waals surface area contributed by atoms with Crippen LogP contribution < -0.4 is 5.32 Å². The Morgan fingerprint density at radius 3 is 2.77 bits per heavy atom. The van der Waals surface area contributed by atoms with Gasteiger partial charge in [0.1, 0.15) is 11.5 Å². The average molecular weight is 448 g/mol. The number of carbonyl (C=O) groups excluding carboxylic acids is 1. The normalized spacial score (nSPS) is 13.3. The van der Waals surface area contributed by atoms with Crippen LogP contribution in [0.3, 0.4) is 0 Å². The molecule has 0 bridgehead atoms. The van der Waals surface area contributed by atoms with Crippen LogP contribution >= 0.6 is 23.4 Å². The minimum absolute atomic E-state index is 0.0398. The molecule has 1 aliphatic rings. The number of carbonyl (C=O) groups is 1. The summed E-state index contributed by atoms with van der Waals surface area (Å²) < 4.78 is 16.1. The summed E-state index contributed by atoms with van der Waals surface area (Å²) >= 11 is 6.93. The summed E-state index contributed by atoms with van der Waals surface area (Å²) in [6.45, 7) is 0. The number of benzene rings is 2. The number of nitrogens with zero attached hydrogens (tertiary/aromatic N) is 4.